The standard InChI is InChI=1S/C16H25N3O2/c1-11(2)17-9-5-6-16(21)19-15-10-14(18-13(4)20)8-7-12(15)3/h7-8,10-11,17H,5-6,9H2,1-4H3,(H,18,20)(H,19,21). The van der Waals surface area contributed by atoms with Crippen molar-refractivity contribution in [3.63, 3.8) is 0 Å². The Morgan fingerprint density at radius 3 is 2.52 bits per heavy atom. The van der Waals surface area contributed by atoms with E-state index in [1.54, 1.807) is 6.07 Å². The summed E-state index contributed by atoms with van der Waals surface area (Å²) in [5, 5.41) is 8.88. The second-order valence-corrected chi connectivity index (χ2v) is 5.47. The third-order valence-electron chi connectivity index (χ3n) is 2.97. The molecule has 1 rings (SSSR count). The van der Waals surface area contributed by atoms with Crippen molar-refractivity contribution in [2.45, 2.75) is 46.6 Å². The Hall–Kier alpha value is -1.88. The molecular weight excluding hydrogens is 266 g/mol. The first-order valence-corrected chi connectivity index (χ1v) is 7.30. The molecule has 0 unspecified atom stereocenters. The average Bonchev–Trinajstić information content (AvgIpc) is 2.38. The monoisotopic (exact) mass is 291 g/mol. The van der Waals surface area contributed by atoms with Crippen LogP contribution in [0.15, 0.2) is 18.2 Å². The van der Waals surface area contributed by atoms with Crippen LogP contribution < -0.4 is 16.0 Å². The zero-order valence-corrected chi connectivity index (χ0v) is 13.2. The van der Waals surface area contributed by atoms with Crippen LogP contribution in [0, 0.1) is 6.92 Å². The Morgan fingerprint density at radius 2 is 1.90 bits per heavy atom. The van der Waals surface area contributed by atoms with E-state index in [-0.39, 0.29) is 11.8 Å². The molecule has 0 aliphatic carbocycles. The van der Waals surface area contributed by atoms with Gasteiger partial charge in [0.25, 0.3) is 0 Å². The molecule has 2 amide bonds. The summed E-state index contributed by atoms with van der Waals surface area (Å²) < 4.78 is 0. The molecule has 1 aromatic rings. The molecule has 0 aromatic heterocycles. The highest BCUT2D eigenvalue weighted by Gasteiger charge is 2.06. The Morgan fingerprint density at radius 1 is 1.19 bits per heavy atom. The number of amides is 2. The number of aryl methyl sites for hydroxylation is 1. The van der Waals surface area contributed by atoms with Gasteiger partial charge in [0.05, 0.1) is 0 Å². The number of hydrogen-bond donors (Lipinski definition) is 3. The zero-order chi connectivity index (χ0) is 15.8. The van der Waals surface area contributed by atoms with E-state index in [0.717, 1.165) is 24.2 Å². The highest BCUT2D eigenvalue weighted by molar-refractivity contribution is 5.94. The van der Waals surface area contributed by atoms with Gasteiger partial charge in [0.2, 0.25) is 11.8 Å². The van der Waals surface area contributed by atoms with Crippen LogP contribution >= 0.6 is 0 Å². The SMILES string of the molecule is CC(=O)Nc1ccc(C)c(NC(=O)CCCNC(C)C)c1. The van der Waals surface area contributed by atoms with Gasteiger partial charge in [-0.25, -0.2) is 0 Å². The number of anilines is 2. The first kappa shape index (κ1) is 17.2. The van der Waals surface area contributed by atoms with Gasteiger partial charge in [-0.1, -0.05) is 19.9 Å². The topological polar surface area (TPSA) is 70.2 Å². The molecule has 21 heavy (non-hydrogen) atoms. The van der Waals surface area contributed by atoms with E-state index < -0.39 is 0 Å². The van der Waals surface area contributed by atoms with E-state index in [1.165, 1.54) is 6.92 Å². The van der Waals surface area contributed by atoms with E-state index in [4.69, 9.17) is 0 Å². The van der Waals surface area contributed by atoms with Gasteiger partial charge >= 0.3 is 0 Å². The predicted molar refractivity (Wildman–Crippen MR) is 86.5 cm³/mol. The van der Waals surface area contributed by atoms with Crippen molar-refractivity contribution in [2.75, 3.05) is 17.2 Å². The summed E-state index contributed by atoms with van der Waals surface area (Å²) in [5.74, 6) is -0.139. The molecule has 5 nitrogen and oxygen atoms in total. The van der Waals surface area contributed by atoms with Crippen LogP contribution in [0.1, 0.15) is 39.2 Å². The van der Waals surface area contributed by atoms with Gasteiger partial charge in [0, 0.05) is 30.8 Å². The lowest BCUT2D eigenvalue weighted by Crippen LogP contribution is -2.24. The van der Waals surface area contributed by atoms with Crippen LogP contribution in [0.5, 0.6) is 0 Å². The summed E-state index contributed by atoms with van der Waals surface area (Å²) in [7, 11) is 0. The van der Waals surface area contributed by atoms with Crippen LogP contribution in [-0.2, 0) is 9.59 Å². The lowest BCUT2D eigenvalue weighted by molar-refractivity contribution is -0.116. The van der Waals surface area contributed by atoms with Crippen molar-refractivity contribution < 1.29 is 9.59 Å². The fourth-order valence-electron chi connectivity index (χ4n) is 1.89. The Labute approximate surface area is 126 Å². The maximum Gasteiger partial charge on any atom is 0.224 e. The predicted octanol–water partition coefficient (Wildman–Crippen LogP) is 2.67. The molecule has 0 aliphatic heterocycles. The van der Waals surface area contributed by atoms with Crippen molar-refractivity contribution in [3.8, 4) is 0 Å². The first-order chi connectivity index (χ1) is 9.88. The van der Waals surface area contributed by atoms with Gasteiger partial charge in [-0.05, 0) is 37.6 Å². The molecule has 5 heteroatoms. The first-order valence-electron chi connectivity index (χ1n) is 7.30. The fourth-order valence-corrected chi connectivity index (χ4v) is 1.89. The van der Waals surface area contributed by atoms with Crippen molar-refractivity contribution in [3.05, 3.63) is 23.8 Å². The highest BCUT2D eigenvalue weighted by Crippen LogP contribution is 2.20. The maximum atomic E-state index is 11.9. The average molecular weight is 291 g/mol. The minimum atomic E-state index is -0.129. The smallest absolute Gasteiger partial charge is 0.224 e. The molecule has 0 saturated carbocycles. The van der Waals surface area contributed by atoms with Gasteiger partial charge < -0.3 is 16.0 Å². The van der Waals surface area contributed by atoms with E-state index in [0.29, 0.717) is 18.2 Å². The molecule has 1 aromatic carbocycles. The van der Waals surface area contributed by atoms with Crippen LogP contribution in [0.4, 0.5) is 11.4 Å². The van der Waals surface area contributed by atoms with Crippen molar-refractivity contribution >= 4 is 23.2 Å². The van der Waals surface area contributed by atoms with E-state index in [1.807, 2.05) is 19.1 Å². The molecular formula is C16H25N3O2. The largest absolute Gasteiger partial charge is 0.326 e. The molecule has 0 spiro atoms. The lowest BCUT2D eigenvalue weighted by atomic mass is 10.1. The van der Waals surface area contributed by atoms with Crippen LogP contribution in [0.25, 0.3) is 0 Å². The molecule has 0 fully saturated rings. The summed E-state index contributed by atoms with van der Waals surface area (Å²) in [6, 6.07) is 5.91. The summed E-state index contributed by atoms with van der Waals surface area (Å²) in [5.41, 5.74) is 2.39. The number of nitrogens with one attached hydrogen (secondary N) is 3. The van der Waals surface area contributed by atoms with Gasteiger partial charge in [-0.15, -0.1) is 0 Å². The molecule has 3 N–H and O–H groups in total. The number of hydrogen-bond acceptors (Lipinski definition) is 3. The summed E-state index contributed by atoms with van der Waals surface area (Å²) in [6.45, 7) is 8.37. The Bertz CT molecular complexity index is 498. The second-order valence-electron chi connectivity index (χ2n) is 5.47. The Balaban J connectivity index is 2.52. The number of carbonyl (C=O) groups is 2. The molecule has 0 aliphatic rings. The van der Waals surface area contributed by atoms with Gasteiger partial charge in [-0.2, -0.15) is 0 Å². The minimum absolute atomic E-state index is 0.0105. The quantitative estimate of drug-likeness (QED) is 0.676. The fraction of sp³-hybridized carbons (Fsp3) is 0.500. The molecule has 0 saturated heterocycles. The maximum absolute atomic E-state index is 11.9. The van der Waals surface area contributed by atoms with Gasteiger partial charge in [0.15, 0.2) is 0 Å². The second kappa shape index (κ2) is 8.42. The number of rotatable bonds is 7. The van der Waals surface area contributed by atoms with E-state index in [2.05, 4.69) is 29.8 Å². The molecule has 116 valence electrons. The molecule has 0 atom stereocenters. The normalized spacial score (nSPS) is 10.5. The summed E-state index contributed by atoms with van der Waals surface area (Å²) in [4.78, 5) is 23.0. The van der Waals surface area contributed by atoms with E-state index in [9.17, 15) is 9.59 Å². The third kappa shape index (κ3) is 6.90. The summed E-state index contributed by atoms with van der Waals surface area (Å²) in [6.07, 6.45) is 1.28. The van der Waals surface area contributed by atoms with Crippen molar-refractivity contribution in [1.29, 1.82) is 0 Å². The van der Waals surface area contributed by atoms with Crippen LogP contribution in [0.2, 0.25) is 0 Å². The van der Waals surface area contributed by atoms with Crippen LogP contribution in [-0.4, -0.2) is 24.4 Å². The minimum Gasteiger partial charge on any atom is -0.326 e. The van der Waals surface area contributed by atoms with E-state index >= 15 is 0 Å². The number of benzene rings is 1. The van der Waals surface area contributed by atoms with Gasteiger partial charge in [-0.3, -0.25) is 9.59 Å². The molecule has 0 heterocycles. The molecule has 0 bridgehead atoms. The van der Waals surface area contributed by atoms with Crippen molar-refractivity contribution in [1.82, 2.24) is 5.32 Å². The highest BCUT2D eigenvalue weighted by atomic mass is 16.2. The van der Waals surface area contributed by atoms with Crippen molar-refractivity contribution in [2.24, 2.45) is 0 Å². The van der Waals surface area contributed by atoms with Crippen LogP contribution in [0.3, 0.4) is 0 Å². The lowest BCUT2D eigenvalue weighted by Gasteiger charge is -2.11. The third-order valence-corrected chi connectivity index (χ3v) is 2.97. The Kier molecular flexibility index (Phi) is 6.88. The number of carbonyl (C=O) groups excluding carboxylic acids is 2. The summed E-state index contributed by atoms with van der Waals surface area (Å²) >= 11 is 0. The zero-order valence-electron chi connectivity index (χ0n) is 13.2. The van der Waals surface area contributed by atoms with Gasteiger partial charge in [0.1, 0.15) is 0 Å². The molecule has 0 radical (unpaired) electrons.